The molecule has 0 aliphatic rings. The van der Waals surface area contributed by atoms with E-state index in [2.05, 4.69) is 5.32 Å². The first-order valence-corrected chi connectivity index (χ1v) is 11.1. The first kappa shape index (κ1) is 24.5. The van der Waals surface area contributed by atoms with Crippen LogP contribution in [0.4, 0.5) is 5.00 Å². The Morgan fingerprint density at radius 2 is 1.88 bits per heavy atom. The largest absolute Gasteiger partial charge is 0.465 e. The Kier molecular flexibility index (Phi) is 7.66. The second kappa shape index (κ2) is 10.6. The van der Waals surface area contributed by atoms with E-state index in [0.717, 1.165) is 4.88 Å². The molecule has 0 bridgehead atoms. The number of carbonyl (C=O) groups is 3. The number of hydrogen-bond acceptors (Lipinski definition) is 8. The highest BCUT2D eigenvalue weighted by Gasteiger charge is 2.23. The standard InChI is InChI=1S/C25H22N2O6S/c1-5-32-25(30)21-14(2)15(3)34-23(21)27-22(28)16(13-26)12-17-10-11-20(33-17)18-8-6-7-9-19(18)24(29)31-4/h6-12H,5H2,1-4H3,(H,27,28)/b16-12-. The third-order valence-corrected chi connectivity index (χ3v) is 6.09. The molecule has 0 radical (unpaired) electrons. The van der Waals surface area contributed by atoms with E-state index >= 15 is 0 Å². The SMILES string of the molecule is CCOC(=O)c1c(NC(=O)/C(C#N)=C\c2ccc(-c3ccccc3C(=O)OC)o2)sc(C)c1C. The van der Waals surface area contributed by atoms with Crippen LogP contribution < -0.4 is 5.32 Å². The molecule has 0 unspecified atom stereocenters. The van der Waals surface area contributed by atoms with Crippen LogP contribution in [0.2, 0.25) is 0 Å². The molecule has 2 heterocycles. The first-order chi connectivity index (χ1) is 16.3. The molecule has 0 fully saturated rings. The van der Waals surface area contributed by atoms with Gasteiger partial charge in [-0.3, -0.25) is 4.79 Å². The molecule has 3 aromatic rings. The molecule has 1 N–H and O–H groups in total. The number of hydrogen-bond donors (Lipinski definition) is 1. The number of anilines is 1. The second-order valence-corrected chi connectivity index (χ2v) is 8.30. The van der Waals surface area contributed by atoms with Crippen molar-refractivity contribution in [3.63, 3.8) is 0 Å². The average molecular weight is 479 g/mol. The number of benzene rings is 1. The van der Waals surface area contributed by atoms with Crippen LogP contribution in [0, 0.1) is 25.2 Å². The number of ether oxygens (including phenoxy) is 2. The molecule has 0 saturated heterocycles. The van der Waals surface area contributed by atoms with Crippen molar-refractivity contribution in [2.75, 3.05) is 19.0 Å². The van der Waals surface area contributed by atoms with Crippen molar-refractivity contribution in [3.05, 3.63) is 69.3 Å². The summed E-state index contributed by atoms with van der Waals surface area (Å²) in [6, 6.07) is 11.8. The van der Waals surface area contributed by atoms with E-state index in [-0.39, 0.29) is 23.5 Å². The van der Waals surface area contributed by atoms with Crippen molar-refractivity contribution in [2.24, 2.45) is 0 Å². The molecule has 8 nitrogen and oxygen atoms in total. The van der Waals surface area contributed by atoms with Crippen molar-refractivity contribution in [1.82, 2.24) is 0 Å². The lowest BCUT2D eigenvalue weighted by molar-refractivity contribution is -0.112. The molecule has 174 valence electrons. The van der Waals surface area contributed by atoms with Gasteiger partial charge in [-0.1, -0.05) is 18.2 Å². The van der Waals surface area contributed by atoms with Gasteiger partial charge in [-0.15, -0.1) is 11.3 Å². The summed E-state index contributed by atoms with van der Waals surface area (Å²) < 4.78 is 15.7. The summed E-state index contributed by atoms with van der Waals surface area (Å²) >= 11 is 1.23. The number of aryl methyl sites for hydroxylation is 1. The van der Waals surface area contributed by atoms with Crippen molar-refractivity contribution >= 4 is 40.3 Å². The van der Waals surface area contributed by atoms with Gasteiger partial charge in [0, 0.05) is 16.5 Å². The van der Waals surface area contributed by atoms with Crippen molar-refractivity contribution in [3.8, 4) is 17.4 Å². The first-order valence-electron chi connectivity index (χ1n) is 10.3. The predicted molar refractivity (Wildman–Crippen MR) is 127 cm³/mol. The third kappa shape index (κ3) is 5.08. The van der Waals surface area contributed by atoms with Gasteiger partial charge in [0.15, 0.2) is 0 Å². The molecule has 2 aromatic heterocycles. The number of rotatable bonds is 7. The highest BCUT2D eigenvalue weighted by atomic mass is 32.1. The quantitative estimate of drug-likeness (QED) is 0.284. The molecule has 0 saturated carbocycles. The predicted octanol–water partition coefficient (Wildman–Crippen LogP) is 5.13. The number of nitrogens with zero attached hydrogens (tertiary/aromatic N) is 1. The molecule has 1 aromatic carbocycles. The monoisotopic (exact) mass is 478 g/mol. The number of methoxy groups -OCH3 is 1. The van der Waals surface area contributed by atoms with Crippen LogP contribution in [0.3, 0.4) is 0 Å². The van der Waals surface area contributed by atoms with Crippen LogP contribution in [0.15, 0.2) is 46.4 Å². The lowest BCUT2D eigenvalue weighted by atomic mass is 10.1. The summed E-state index contributed by atoms with van der Waals surface area (Å²) in [5.74, 6) is -1.13. The lowest BCUT2D eigenvalue weighted by Gasteiger charge is -2.06. The van der Waals surface area contributed by atoms with Gasteiger partial charge in [-0.05, 0) is 44.5 Å². The smallest absolute Gasteiger partial charge is 0.341 e. The maximum absolute atomic E-state index is 12.8. The summed E-state index contributed by atoms with van der Waals surface area (Å²) in [5.41, 5.74) is 1.60. The van der Waals surface area contributed by atoms with Gasteiger partial charge in [0.2, 0.25) is 0 Å². The fraction of sp³-hybridized carbons (Fsp3) is 0.200. The Morgan fingerprint density at radius 3 is 2.56 bits per heavy atom. The zero-order valence-electron chi connectivity index (χ0n) is 19.1. The Hall–Kier alpha value is -4.16. The van der Waals surface area contributed by atoms with Crippen molar-refractivity contribution in [1.29, 1.82) is 5.26 Å². The van der Waals surface area contributed by atoms with E-state index in [1.807, 2.05) is 13.0 Å². The number of thiophene rings is 1. The van der Waals surface area contributed by atoms with Crippen LogP contribution >= 0.6 is 11.3 Å². The van der Waals surface area contributed by atoms with E-state index in [1.54, 1.807) is 50.2 Å². The molecule has 0 aliphatic carbocycles. The molecule has 3 rings (SSSR count). The highest BCUT2D eigenvalue weighted by Crippen LogP contribution is 2.33. The van der Waals surface area contributed by atoms with Gasteiger partial charge < -0.3 is 19.2 Å². The molecule has 9 heteroatoms. The van der Waals surface area contributed by atoms with Crippen LogP contribution in [0.1, 0.15) is 43.8 Å². The van der Waals surface area contributed by atoms with Gasteiger partial charge in [-0.2, -0.15) is 5.26 Å². The summed E-state index contributed by atoms with van der Waals surface area (Å²) in [6.07, 6.45) is 1.29. The van der Waals surface area contributed by atoms with E-state index in [4.69, 9.17) is 13.9 Å². The molecule has 0 atom stereocenters. The van der Waals surface area contributed by atoms with Gasteiger partial charge in [0.1, 0.15) is 28.2 Å². The maximum atomic E-state index is 12.8. The molecule has 1 amide bonds. The zero-order chi connectivity index (χ0) is 24.8. The van der Waals surface area contributed by atoms with E-state index in [9.17, 15) is 19.6 Å². The van der Waals surface area contributed by atoms with Crippen LogP contribution in [-0.4, -0.2) is 31.6 Å². The lowest BCUT2D eigenvalue weighted by Crippen LogP contribution is -2.16. The third-order valence-electron chi connectivity index (χ3n) is 4.97. The molecule has 34 heavy (non-hydrogen) atoms. The number of esters is 2. The van der Waals surface area contributed by atoms with Gasteiger partial charge in [-0.25, -0.2) is 9.59 Å². The minimum absolute atomic E-state index is 0.198. The number of nitrogens with one attached hydrogen (secondary N) is 1. The minimum atomic E-state index is -0.692. The van der Waals surface area contributed by atoms with Crippen LogP contribution in [0.5, 0.6) is 0 Å². The van der Waals surface area contributed by atoms with Crippen molar-refractivity contribution in [2.45, 2.75) is 20.8 Å². The second-order valence-electron chi connectivity index (χ2n) is 7.07. The highest BCUT2D eigenvalue weighted by molar-refractivity contribution is 7.16. The van der Waals surface area contributed by atoms with Gasteiger partial charge >= 0.3 is 11.9 Å². The number of amides is 1. The van der Waals surface area contributed by atoms with E-state index < -0.39 is 17.8 Å². The summed E-state index contributed by atoms with van der Waals surface area (Å²) in [5, 5.41) is 12.5. The number of nitriles is 1. The fourth-order valence-electron chi connectivity index (χ4n) is 3.19. The van der Waals surface area contributed by atoms with Crippen molar-refractivity contribution < 1.29 is 28.3 Å². The molecular weight excluding hydrogens is 456 g/mol. The molecular formula is C25H22N2O6S. The fourth-order valence-corrected chi connectivity index (χ4v) is 4.23. The Labute approximate surface area is 200 Å². The van der Waals surface area contributed by atoms with Gasteiger partial charge in [0.25, 0.3) is 5.91 Å². The van der Waals surface area contributed by atoms with Gasteiger partial charge in [0.05, 0.1) is 24.8 Å². The Morgan fingerprint density at radius 1 is 1.15 bits per heavy atom. The summed E-state index contributed by atoms with van der Waals surface area (Å²) in [4.78, 5) is 38.0. The minimum Gasteiger partial charge on any atom is -0.465 e. The topological polar surface area (TPSA) is 119 Å². The van der Waals surface area contributed by atoms with E-state index in [1.165, 1.54) is 24.5 Å². The Balaban J connectivity index is 1.89. The summed E-state index contributed by atoms with van der Waals surface area (Å²) in [7, 11) is 1.29. The normalized spacial score (nSPS) is 11.0. The molecule has 0 spiro atoms. The van der Waals surface area contributed by atoms with E-state index in [0.29, 0.717) is 27.5 Å². The summed E-state index contributed by atoms with van der Waals surface area (Å²) in [6.45, 7) is 5.49. The van der Waals surface area contributed by atoms with Crippen LogP contribution in [0.25, 0.3) is 17.4 Å². The maximum Gasteiger partial charge on any atom is 0.341 e. The average Bonchev–Trinajstić information content (AvgIpc) is 3.40. The number of carbonyl (C=O) groups excluding carboxylic acids is 3. The molecule has 0 aliphatic heterocycles. The van der Waals surface area contributed by atoms with Crippen LogP contribution in [-0.2, 0) is 14.3 Å². The number of furan rings is 1. The Bertz CT molecular complexity index is 1330. The zero-order valence-corrected chi connectivity index (χ0v) is 19.9.